The Morgan fingerprint density at radius 3 is 2.89 bits per heavy atom. The molecule has 0 unspecified atom stereocenters. The summed E-state index contributed by atoms with van der Waals surface area (Å²) in [6, 6.07) is 1.94. The Bertz CT molecular complexity index is 808. The lowest BCUT2D eigenvalue weighted by Crippen LogP contribution is -2.10. The Morgan fingerprint density at radius 1 is 1.26 bits per heavy atom. The van der Waals surface area contributed by atoms with E-state index in [1.165, 1.54) is 0 Å². The van der Waals surface area contributed by atoms with E-state index in [0.717, 1.165) is 10.0 Å². The summed E-state index contributed by atoms with van der Waals surface area (Å²) in [6.07, 6.45) is 3.97. The number of nitrogens with one attached hydrogen (secondary N) is 2. The second-order valence-electron chi connectivity index (χ2n) is 4.02. The first kappa shape index (κ1) is 11.8. The minimum absolute atomic E-state index is 0.0553. The van der Waals surface area contributed by atoms with E-state index in [1.54, 1.807) is 12.4 Å². The van der Waals surface area contributed by atoms with Crippen LogP contribution in [0.5, 0.6) is 0 Å². The summed E-state index contributed by atoms with van der Waals surface area (Å²) in [6.45, 7) is 0. The summed E-state index contributed by atoms with van der Waals surface area (Å²) in [7, 11) is 0. The predicted molar refractivity (Wildman–Crippen MR) is 73.7 cm³/mol. The van der Waals surface area contributed by atoms with Gasteiger partial charge in [0.05, 0.1) is 0 Å². The van der Waals surface area contributed by atoms with Gasteiger partial charge in [0, 0.05) is 23.3 Å². The summed E-state index contributed by atoms with van der Waals surface area (Å²) in [5.74, 6) is 0.693. The Balaban J connectivity index is 2.02. The van der Waals surface area contributed by atoms with Crippen LogP contribution in [-0.4, -0.2) is 24.9 Å². The van der Waals surface area contributed by atoms with Gasteiger partial charge in [0.25, 0.3) is 5.56 Å². The maximum Gasteiger partial charge on any atom is 0.278 e. The normalized spacial score (nSPS) is 11.0. The number of fused-ring (bicyclic) bond motifs is 1. The third-order valence-electron chi connectivity index (χ3n) is 2.56. The van der Waals surface area contributed by atoms with Crippen molar-refractivity contribution in [2.45, 2.75) is 6.42 Å². The molecule has 8 heteroatoms. The monoisotopic (exact) mass is 320 g/mol. The predicted octanol–water partition coefficient (Wildman–Crippen LogP) is 0.977. The van der Waals surface area contributed by atoms with Crippen molar-refractivity contribution in [2.24, 2.45) is 0 Å². The summed E-state index contributed by atoms with van der Waals surface area (Å²) in [4.78, 5) is 29.3. The van der Waals surface area contributed by atoms with Crippen LogP contribution in [0.1, 0.15) is 11.4 Å². The number of anilines is 1. The van der Waals surface area contributed by atoms with Crippen LogP contribution in [0.4, 0.5) is 5.95 Å². The molecule has 0 aliphatic rings. The van der Waals surface area contributed by atoms with Gasteiger partial charge in [-0.05, 0) is 27.6 Å². The Morgan fingerprint density at radius 2 is 2.11 bits per heavy atom. The van der Waals surface area contributed by atoms with E-state index in [1.807, 2.05) is 6.07 Å². The topological polar surface area (TPSA) is 113 Å². The quantitative estimate of drug-likeness (QED) is 0.651. The molecule has 0 fully saturated rings. The Labute approximate surface area is 115 Å². The maximum atomic E-state index is 11.7. The van der Waals surface area contributed by atoms with Crippen LogP contribution in [0.3, 0.4) is 0 Å². The zero-order chi connectivity index (χ0) is 13.4. The summed E-state index contributed by atoms with van der Waals surface area (Å²) in [5, 5.41) is 0. The van der Waals surface area contributed by atoms with E-state index in [-0.39, 0.29) is 11.5 Å². The van der Waals surface area contributed by atoms with E-state index in [4.69, 9.17) is 5.73 Å². The van der Waals surface area contributed by atoms with Crippen LogP contribution in [-0.2, 0) is 6.42 Å². The Hall–Kier alpha value is -2.22. The van der Waals surface area contributed by atoms with Gasteiger partial charge in [-0.25, -0.2) is 4.98 Å². The number of nitrogens with two attached hydrogens (primary N) is 1. The van der Waals surface area contributed by atoms with Gasteiger partial charge in [-0.1, -0.05) is 0 Å². The highest BCUT2D eigenvalue weighted by Gasteiger charge is 2.09. The molecule has 0 atom stereocenters. The fraction of sp³-hybridized carbons (Fsp3) is 0.0909. The van der Waals surface area contributed by atoms with E-state index >= 15 is 0 Å². The number of hydrogen-bond donors (Lipinski definition) is 3. The number of H-pyrrole nitrogens is 2. The molecule has 0 aliphatic carbocycles. The number of imidazole rings is 1. The van der Waals surface area contributed by atoms with Crippen molar-refractivity contribution in [1.82, 2.24) is 24.9 Å². The average Bonchev–Trinajstić information content (AvgIpc) is 2.71. The number of nitrogen functional groups attached to an aromatic ring is 1. The third-order valence-corrected chi connectivity index (χ3v) is 3.00. The molecule has 0 saturated heterocycles. The molecule has 0 radical (unpaired) electrons. The lowest BCUT2D eigenvalue weighted by molar-refractivity contribution is 1.02. The summed E-state index contributed by atoms with van der Waals surface area (Å²) >= 11 is 3.35. The maximum absolute atomic E-state index is 11.7. The molecular formula is C11H9BrN6O. The smallest absolute Gasteiger partial charge is 0.278 e. The van der Waals surface area contributed by atoms with Crippen molar-refractivity contribution in [1.29, 1.82) is 0 Å². The van der Waals surface area contributed by atoms with Gasteiger partial charge in [-0.15, -0.1) is 0 Å². The van der Waals surface area contributed by atoms with Crippen molar-refractivity contribution < 1.29 is 0 Å². The number of hydrogen-bond acceptors (Lipinski definition) is 5. The second-order valence-corrected chi connectivity index (χ2v) is 4.94. The molecule has 0 amide bonds. The number of nitrogens with zero attached hydrogens (tertiary/aromatic N) is 3. The molecule has 7 nitrogen and oxygen atoms in total. The minimum Gasteiger partial charge on any atom is -0.369 e. The minimum atomic E-state index is -0.325. The SMILES string of the molecule is Nc1nc2nc(Cc3cncc(Br)c3)[nH]c2c(=O)[nH]1. The molecule has 0 saturated carbocycles. The summed E-state index contributed by atoms with van der Waals surface area (Å²) < 4.78 is 0.890. The molecule has 3 aromatic rings. The lowest BCUT2D eigenvalue weighted by Gasteiger charge is -1.97. The standard InChI is InChI=1S/C11H9BrN6O/c12-6-1-5(3-14-4-6)2-7-15-8-9(16-7)17-11(13)18-10(8)19/h1,3-4H,2H2,(H4,13,15,16,17,18,19). The molecule has 3 rings (SSSR count). The number of aromatic amines is 2. The van der Waals surface area contributed by atoms with Crippen LogP contribution in [0, 0.1) is 0 Å². The highest BCUT2D eigenvalue weighted by atomic mass is 79.9. The first-order valence-corrected chi connectivity index (χ1v) is 6.25. The van der Waals surface area contributed by atoms with Gasteiger partial charge in [0.1, 0.15) is 5.82 Å². The summed E-state index contributed by atoms with van der Waals surface area (Å²) in [5.41, 5.74) is 6.76. The molecule has 0 spiro atoms. The van der Waals surface area contributed by atoms with Crippen molar-refractivity contribution in [3.8, 4) is 0 Å². The van der Waals surface area contributed by atoms with Crippen LogP contribution in [0.15, 0.2) is 27.7 Å². The number of rotatable bonds is 2. The molecule has 0 bridgehead atoms. The number of halogens is 1. The average molecular weight is 321 g/mol. The molecule has 96 valence electrons. The van der Waals surface area contributed by atoms with Crippen LogP contribution < -0.4 is 11.3 Å². The fourth-order valence-electron chi connectivity index (χ4n) is 1.80. The number of aromatic nitrogens is 5. The first-order chi connectivity index (χ1) is 9.11. The molecule has 4 N–H and O–H groups in total. The zero-order valence-corrected chi connectivity index (χ0v) is 11.2. The van der Waals surface area contributed by atoms with Crippen LogP contribution >= 0.6 is 15.9 Å². The van der Waals surface area contributed by atoms with Crippen LogP contribution in [0.25, 0.3) is 11.2 Å². The third kappa shape index (κ3) is 2.34. The fourth-order valence-corrected chi connectivity index (χ4v) is 2.21. The van der Waals surface area contributed by atoms with E-state index in [9.17, 15) is 4.79 Å². The van der Waals surface area contributed by atoms with Crippen molar-refractivity contribution in [2.75, 3.05) is 5.73 Å². The van der Waals surface area contributed by atoms with Gasteiger partial charge < -0.3 is 10.7 Å². The number of pyridine rings is 1. The molecule has 19 heavy (non-hydrogen) atoms. The molecule has 0 aromatic carbocycles. The molecule has 3 aromatic heterocycles. The van der Waals surface area contributed by atoms with Gasteiger partial charge in [-0.2, -0.15) is 4.98 Å². The van der Waals surface area contributed by atoms with E-state index in [0.29, 0.717) is 23.4 Å². The second kappa shape index (κ2) is 4.47. The Kier molecular flexibility index (Phi) is 2.79. The van der Waals surface area contributed by atoms with E-state index in [2.05, 4.69) is 40.8 Å². The van der Waals surface area contributed by atoms with Gasteiger partial charge in [-0.3, -0.25) is 14.8 Å². The molecule has 3 heterocycles. The van der Waals surface area contributed by atoms with Crippen molar-refractivity contribution >= 4 is 33.0 Å². The molecule has 0 aliphatic heterocycles. The largest absolute Gasteiger partial charge is 0.369 e. The van der Waals surface area contributed by atoms with E-state index < -0.39 is 0 Å². The van der Waals surface area contributed by atoms with Gasteiger partial charge in [0.2, 0.25) is 5.95 Å². The van der Waals surface area contributed by atoms with Gasteiger partial charge >= 0.3 is 0 Å². The zero-order valence-electron chi connectivity index (χ0n) is 9.64. The van der Waals surface area contributed by atoms with Gasteiger partial charge in [0.15, 0.2) is 11.2 Å². The first-order valence-electron chi connectivity index (χ1n) is 5.45. The highest BCUT2D eigenvalue weighted by Crippen LogP contribution is 2.13. The van der Waals surface area contributed by atoms with Crippen molar-refractivity contribution in [3.63, 3.8) is 0 Å². The highest BCUT2D eigenvalue weighted by molar-refractivity contribution is 9.10. The van der Waals surface area contributed by atoms with Crippen molar-refractivity contribution in [3.05, 3.63) is 44.7 Å². The molecular weight excluding hydrogens is 312 g/mol. The lowest BCUT2D eigenvalue weighted by atomic mass is 10.2. The van der Waals surface area contributed by atoms with Crippen LogP contribution in [0.2, 0.25) is 0 Å².